The number of carbonyl (C=O) groups is 1. The lowest BCUT2D eigenvalue weighted by Crippen LogP contribution is -2.29. The molecule has 142 valence electrons. The van der Waals surface area contributed by atoms with E-state index in [-0.39, 0.29) is 12.5 Å². The number of rotatable bonds is 11. The van der Waals surface area contributed by atoms with Crippen molar-refractivity contribution in [1.29, 1.82) is 0 Å². The van der Waals surface area contributed by atoms with Gasteiger partial charge in [0.1, 0.15) is 0 Å². The van der Waals surface area contributed by atoms with Crippen LogP contribution in [0.2, 0.25) is 0 Å². The normalized spacial score (nSPS) is 13.4. The monoisotopic (exact) mass is 354 g/mol. The molecule has 0 aromatic heterocycles. The molecule has 2 atom stereocenters. The molecular weight excluding hydrogens is 324 g/mol. The molecule has 0 radical (unpaired) electrons. The lowest BCUT2D eigenvalue weighted by Gasteiger charge is -2.25. The first-order valence-electron chi connectivity index (χ1n) is 8.60. The number of hydrogen-bond acceptors (Lipinski definition) is 6. The molecule has 1 aromatic carbocycles. The summed E-state index contributed by atoms with van der Waals surface area (Å²) in [5, 5.41) is 10.7. The van der Waals surface area contributed by atoms with Gasteiger partial charge in [-0.3, -0.25) is 4.79 Å². The number of carbonyl (C=O) groups excluding carboxylic acids is 1. The van der Waals surface area contributed by atoms with E-state index >= 15 is 0 Å². The van der Waals surface area contributed by atoms with Gasteiger partial charge in [0.2, 0.25) is 0 Å². The number of hydrogen-bond donors (Lipinski definition) is 1. The highest BCUT2D eigenvalue weighted by molar-refractivity contribution is 5.73. The minimum atomic E-state index is -0.980. The van der Waals surface area contributed by atoms with Crippen molar-refractivity contribution in [3.63, 3.8) is 0 Å². The number of aliphatic hydroxyl groups is 1. The standard InChI is InChI=1S/C19H30O6/c1-6-24-19(21)17(13(2)3)18(20)14-8-9-15(23-5)16(12-14)25-11-7-10-22-4/h8-9,12-13,17-18,20H,6-7,10-11H2,1-5H3. The van der Waals surface area contributed by atoms with Crippen molar-refractivity contribution in [2.24, 2.45) is 11.8 Å². The van der Waals surface area contributed by atoms with Crippen molar-refractivity contribution in [3.8, 4) is 11.5 Å². The Labute approximate surface area is 150 Å². The maximum atomic E-state index is 12.2. The minimum Gasteiger partial charge on any atom is -0.493 e. The van der Waals surface area contributed by atoms with E-state index in [0.717, 1.165) is 6.42 Å². The lowest BCUT2D eigenvalue weighted by molar-refractivity contribution is -0.154. The molecule has 0 aliphatic heterocycles. The van der Waals surface area contributed by atoms with Crippen LogP contribution in [0.1, 0.15) is 38.9 Å². The topological polar surface area (TPSA) is 74.2 Å². The third kappa shape index (κ3) is 6.21. The van der Waals surface area contributed by atoms with Crippen molar-refractivity contribution in [2.45, 2.75) is 33.3 Å². The Hall–Kier alpha value is -1.79. The number of benzene rings is 1. The fraction of sp³-hybridized carbons (Fsp3) is 0.632. The predicted molar refractivity (Wildman–Crippen MR) is 94.9 cm³/mol. The van der Waals surface area contributed by atoms with Crippen molar-refractivity contribution in [2.75, 3.05) is 34.0 Å². The van der Waals surface area contributed by atoms with E-state index in [1.807, 2.05) is 13.8 Å². The van der Waals surface area contributed by atoms with Crippen LogP contribution in [0.5, 0.6) is 11.5 Å². The highest BCUT2D eigenvalue weighted by Gasteiger charge is 2.32. The first kappa shape index (κ1) is 21.3. The van der Waals surface area contributed by atoms with Crippen molar-refractivity contribution in [1.82, 2.24) is 0 Å². The Bertz CT molecular complexity index is 529. The van der Waals surface area contributed by atoms with Gasteiger partial charge in [0, 0.05) is 20.1 Å². The van der Waals surface area contributed by atoms with Crippen LogP contribution < -0.4 is 9.47 Å². The molecule has 0 saturated carbocycles. The van der Waals surface area contributed by atoms with Gasteiger partial charge in [-0.05, 0) is 30.5 Å². The van der Waals surface area contributed by atoms with Crippen LogP contribution in [-0.4, -0.2) is 45.1 Å². The fourth-order valence-corrected chi connectivity index (χ4v) is 2.59. The molecule has 6 heteroatoms. The Kier molecular flexibility index (Phi) is 9.31. The van der Waals surface area contributed by atoms with Gasteiger partial charge in [0.25, 0.3) is 0 Å². The Morgan fingerprint density at radius 1 is 1.16 bits per heavy atom. The average Bonchev–Trinajstić information content (AvgIpc) is 2.58. The number of methoxy groups -OCH3 is 2. The Balaban J connectivity index is 2.99. The second kappa shape index (κ2) is 10.9. The molecule has 1 rings (SSSR count). The second-order valence-electron chi connectivity index (χ2n) is 6.07. The van der Waals surface area contributed by atoms with Gasteiger partial charge in [0.05, 0.1) is 32.3 Å². The highest BCUT2D eigenvalue weighted by Crippen LogP contribution is 2.35. The summed E-state index contributed by atoms with van der Waals surface area (Å²) in [5.74, 6) is -0.00703. The van der Waals surface area contributed by atoms with Crippen LogP contribution in [0.3, 0.4) is 0 Å². The highest BCUT2D eigenvalue weighted by atomic mass is 16.5. The summed E-state index contributed by atoms with van der Waals surface area (Å²) in [5.41, 5.74) is 0.592. The minimum absolute atomic E-state index is 0.0674. The summed E-state index contributed by atoms with van der Waals surface area (Å²) in [6, 6.07) is 5.18. The van der Waals surface area contributed by atoms with E-state index in [4.69, 9.17) is 18.9 Å². The SMILES string of the molecule is CCOC(=O)C(C(C)C)C(O)c1ccc(OC)c(OCCCOC)c1. The van der Waals surface area contributed by atoms with Gasteiger partial charge in [0.15, 0.2) is 11.5 Å². The molecule has 1 N–H and O–H groups in total. The van der Waals surface area contributed by atoms with Gasteiger partial charge in [-0.15, -0.1) is 0 Å². The molecule has 6 nitrogen and oxygen atoms in total. The van der Waals surface area contributed by atoms with Crippen LogP contribution in [-0.2, 0) is 14.3 Å². The molecule has 0 saturated heterocycles. The van der Waals surface area contributed by atoms with Crippen LogP contribution in [0.15, 0.2) is 18.2 Å². The van der Waals surface area contributed by atoms with E-state index in [1.54, 1.807) is 39.3 Å². The van der Waals surface area contributed by atoms with Crippen LogP contribution >= 0.6 is 0 Å². The molecule has 25 heavy (non-hydrogen) atoms. The van der Waals surface area contributed by atoms with Crippen LogP contribution in [0.25, 0.3) is 0 Å². The zero-order chi connectivity index (χ0) is 18.8. The third-order valence-electron chi connectivity index (χ3n) is 3.90. The van der Waals surface area contributed by atoms with Gasteiger partial charge < -0.3 is 24.1 Å². The van der Waals surface area contributed by atoms with E-state index in [2.05, 4.69) is 0 Å². The van der Waals surface area contributed by atoms with Gasteiger partial charge in [-0.25, -0.2) is 0 Å². The van der Waals surface area contributed by atoms with Gasteiger partial charge in [-0.2, -0.15) is 0 Å². The van der Waals surface area contributed by atoms with Crippen molar-refractivity contribution >= 4 is 5.97 Å². The molecule has 0 heterocycles. The second-order valence-corrected chi connectivity index (χ2v) is 6.07. The van der Waals surface area contributed by atoms with Gasteiger partial charge >= 0.3 is 5.97 Å². The first-order chi connectivity index (χ1) is 12.0. The molecule has 0 amide bonds. The summed E-state index contributed by atoms with van der Waals surface area (Å²) in [7, 11) is 3.20. The third-order valence-corrected chi connectivity index (χ3v) is 3.90. The van der Waals surface area contributed by atoms with Crippen LogP contribution in [0, 0.1) is 11.8 Å². The summed E-state index contributed by atoms with van der Waals surface area (Å²) in [6.45, 7) is 6.87. The van der Waals surface area contributed by atoms with Gasteiger partial charge in [-0.1, -0.05) is 19.9 Å². The predicted octanol–water partition coefficient (Wildman–Crippen LogP) is 2.98. The molecule has 0 bridgehead atoms. The largest absolute Gasteiger partial charge is 0.493 e. The zero-order valence-electron chi connectivity index (χ0n) is 15.8. The van der Waals surface area contributed by atoms with E-state index in [1.165, 1.54) is 0 Å². The molecule has 0 aliphatic rings. The smallest absolute Gasteiger partial charge is 0.312 e. The quantitative estimate of drug-likeness (QED) is 0.486. The summed E-state index contributed by atoms with van der Waals surface area (Å²) >= 11 is 0. The maximum absolute atomic E-state index is 12.2. The number of esters is 1. The summed E-state index contributed by atoms with van der Waals surface area (Å²) in [4.78, 5) is 12.2. The number of aliphatic hydroxyl groups excluding tert-OH is 1. The first-order valence-corrected chi connectivity index (χ1v) is 8.60. The average molecular weight is 354 g/mol. The molecule has 2 unspecified atom stereocenters. The van der Waals surface area contributed by atoms with E-state index < -0.39 is 18.0 Å². The molecule has 0 fully saturated rings. The van der Waals surface area contributed by atoms with Crippen molar-refractivity contribution < 1.29 is 28.8 Å². The Morgan fingerprint density at radius 3 is 2.44 bits per heavy atom. The van der Waals surface area contributed by atoms with Crippen molar-refractivity contribution in [3.05, 3.63) is 23.8 Å². The Morgan fingerprint density at radius 2 is 1.88 bits per heavy atom. The zero-order valence-corrected chi connectivity index (χ0v) is 15.8. The summed E-state index contributed by atoms with van der Waals surface area (Å²) < 4.78 is 21.1. The molecule has 0 aliphatic carbocycles. The lowest BCUT2D eigenvalue weighted by atomic mass is 9.86. The fourth-order valence-electron chi connectivity index (χ4n) is 2.59. The molecular formula is C19H30O6. The summed E-state index contributed by atoms with van der Waals surface area (Å²) in [6.07, 6.45) is -0.240. The van der Waals surface area contributed by atoms with Crippen LogP contribution in [0.4, 0.5) is 0 Å². The molecule has 0 spiro atoms. The molecule has 1 aromatic rings. The number of ether oxygens (including phenoxy) is 4. The van der Waals surface area contributed by atoms with E-state index in [9.17, 15) is 9.90 Å². The maximum Gasteiger partial charge on any atom is 0.312 e. The van der Waals surface area contributed by atoms with E-state index in [0.29, 0.717) is 30.3 Å².